The van der Waals surface area contributed by atoms with Crippen molar-refractivity contribution < 1.29 is 4.79 Å². The maximum atomic E-state index is 13.3. The third kappa shape index (κ3) is 3.07. The first-order valence-electron chi connectivity index (χ1n) is 10.2. The molecule has 8 heteroatoms. The van der Waals surface area contributed by atoms with Crippen molar-refractivity contribution in [1.82, 2.24) is 25.0 Å². The minimum Gasteiger partial charge on any atom is -0.346 e. The molecule has 0 aliphatic carbocycles. The molecule has 0 unspecified atom stereocenters. The molecular weight excluding hydrogens is 414 g/mol. The average molecular weight is 436 g/mol. The van der Waals surface area contributed by atoms with Crippen molar-refractivity contribution in [2.45, 2.75) is 18.9 Å². The van der Waals surface area contributed by atoms with Crippen LogP contribution < -0.4 is 5.32 Å². The molecule has 1 N–H and O–H groups in total. The second-order valence-corrected chi connectivity index (χ2v) is 9.70. The Morgan fingerprint density at radius 1 is 1.17 bits per heavy atom. The fourth-order valence-electron chi connectivity index (χ4n) is 4.72. The lowest BCUT2D eigenvalue weighted by atomic mass is 9.84. The number of benzene rings is 1. The van der Waals surface area contributed by atoms with E-state index in [1.54, 1.807) is 22.7 Å². The fourth-order valence-corrected chi connectivity index (χ4v) is 5.97. The van der Waals surface area contributed by atoms with Gasteiger partial charge in [-0.1, -0.05) is 6.07 Å². The minimum absolute atomic E-state index is 0.0743. The Morgan fingerprint density at radius 2 is 2.07 bits per heavy atom. The molecule has 3 aromatic heterocycles. The summed E-state index contributed by atoms with van der Waals surface area (Å²) in [4.78, 5) is 20.2. The second-order valence-electron chi connectivity index (χ2n) is 8.03. The van der Waals surface area contributed by atoms with Crippen LogP contribution in [0.15, 0.2) is 46.6 Å². The van der Waals surface area contributed by atoms with Crippen molar-refractivity contribution in [3.63, 3.8) is 0 Å². The lowest BCUT2D eigenvalue weighted by molar-refractivity contribution is 0.0618. The zero-order valence-electron chi connectivity index (χ0n) is 16.3. The molecule has 6 nitrogen and oxygen atoms in total. The molecule has 7 rings (SSSR count). The van der Waals surface area contributed by atoms with Crippen molar-refractivity contribution in [1.29, 1.82) is 0 Å². The highest BCUT2D eigenvalue weighted by Crippen LogP contribution is 2.31. The molecule has 1 aromatic carbocycles. The first-order valence-corrected chi connectivity index (χ1v) is 12.1. The normalized spacial score (nSPS) is 23.1. The molecule has 0 radical (unpaired) electrons. The third-order valence-corrected chi connectivity index (χ3v) is 7.79. The van der Waals surface area contributed by atoms with Gasteiger partial charge in [0.2, 0.25) is 0 Å². The second kappa shape index (κ2) is 7.30. The van der Waals surface area contributed by atoms with Gasteiger partial charge in [0, 0.05) is 40.5 Å². The number of nitrogens with one attached hydrogen (secondary N) is 1. The number of hydrogen-bond donors (Lipinski definition) is 1. The molecule has 3 saturated heterocycles. The number of amides is 1. The van der Waals surface area contributed by atoms with E-state index in [1.807, 2.05) is 39.8 Å². The highest BCUT2D eigenvalue weighted by molar-refractivity contribution is 7.13. The van der Waals surface area contributed by atoms with Crippen LogP contribution in [0.2, 0.25) is 0 Å². The van der Waals surface area contributed by atoms with E-state index in [0.717, 1.165) is 46.8 Å². The Kier molecular flexibility index (Phi) is 4.44. The summed E-state index contributed by atoms with van der Waals surface area (Å²) in [6, 6.07) is 8.38. The number of carbonyl (C=O) groups excluding carboxylic acids is 1. The van der Waals surface area contributed by atoms with E-state index in [2.05, 4.69) is 26.6 Å². The van der Waals surface area contributed by atoms with Crippen LogP contribution in [0, 0.1) is 5.92 Å². The molecule has 3 aliphatic rings. The third-order valence-electron chi connectivity index (χ3n) is 6.30. The summed E-state index contributed by atoms with van der Waals surface area (Å²) in [6.07, 6.45) is 4.16. The predicted octanol–water partition coefficient (Wildman–Crippen LogP) is 4.03. The maximum Gasteiger partial charge on any atom is 0.272 e. The van der Waals surface area contributed by atoms with Gasteiger partial charge in [0.1, 0.15) is 5.01 Å². The number of fused-ring (bicyclic) bond motifs is 4. The van der Waals surface area contributed by atoms with Crippen LogP contribution in [0.1, 0.15) is 23.3 Å². The van der Waals surface area contributed by atoms with Gasteiger partial charge in [-0.15, -0.1) is 11.3 Å². The van der Waals surface area contributed by atoms with Gasteiger partial charge in [-0.3, -0.25) is 4.79 Å². The lowest BCUT2D eigenvalue weighted by Crippen LogP contribution is -2.57. The van der Waals surface area contributed by atoms with Crippen molar-refractivity contribution in [3.05, 3.63) is 52.3 Å². The highest BCUT2D eigenvalue weighted by Gasteiger charge is 2.35. The molecule has 6 heterocycles. The topological polar surface area (TPSA) is 63.1 Å². The van der Waals surface area contributed by atoms with Crippen LogP contribution in [0.25, 0.3) is 27.2 Å². The van der Waals surface area contributed by atoms with Gasteiger partial charge in [0.05, 0.1) is 11.2 Å². The van der Waals surface area contributed by atoms with Gasteiger partial charge in [-0.2, -0.15) is 16.4 Å². The molecular formula is C22H21N5OS2. The van der Waals surface area contributed by atoms with Gasteiger partial charge in [-0.05, 0) is 55.4 Å². The summed E-state index contributed by atoms with van der Waals surface area (Å²) in [5.74, 6) is 0.510. The maximum absolute atomic E-state index is 13.3. The lowest BCUT2D eigenvalue weighted by Gasteiger charge is -2.44. The van der Waals surface area contributed by atoms with Crippen LogP contribution in [-0.4, -0.2) is 51.2 Å². The van der Waals surface area contributed by atoms with Crippen LogP contribution in [0.4, 0.5) is 0 Å². The van der Waals surface area contributed by atoms with Crippen molar-refractivity contribution in [2.24, 2.45) is 5.92 Å². The van der Waals surface area contributed by atoms with E-state index < -0.39 is 0 Å². The summed E-state index contributed by atoms with van der Waals surface area (Å²) in [6.45, 7) is 3.27. The zero-order valence-corrected chi connectivity index (χ0v) is 18.0. The smallest absolute Gasteiger partial charge is 0.272 e. The fraction of sp³-hybridized carbons (Fsp3) is 0.318. The van der Waals surface area contributed by atoms with Crippen molar-refractivity contribution in [3.8, 4) is 16.3 Å². The Hall–Kier alpha value is -2.55. The zero-order chi connectivity index (χ0) is 20.1. The largest absolute Gasteiger partial charge is 0.346 e. The summed E-state index contributed by atoms with van der Waals surface area (Å²) >= 11 is 3.23. The SMILES string of the molecule is O=C(N[C@@H]1CN2CCC1CC2)c1nn(-c2ccsc2)c2cc(-c3nccs3)ccc12. The van der Waals surface area contributed by atoms with E-state index in [1.165, 1.54) is 12.8 Å². The number of carbonyl (C=O) groups is 1. The van der Waals surface area contributed by atoms with Crippen molar-refractivity contribution >= 4 is 39.5 Å². The summed E-state index contributed by atoms with van der Waals surface area (Å²) < 4.78 is 1.88. The molecule has 2 bridgehead atoms. The highest BCUT2D eigenvalue weighted by atomic mass is 32.1. The molecule has 3 fully saturated rings. The minimum atomic E-state index is -0.0743. The quantitative estimate of drug-likeness (QED) is 0.526. The van der Waals surface area contributed by atoms with Crippen LogP contribution in [0.3, 0.4) is 0 Å². The van der Waals surface area contributed by atoms with E-state index in [4.69, 9.17) is 5.10 Å². The summed E-state index contributed by atoms with van der Waals surface area (Å²) in [7, 11) is 0. The number of thiophene rings is 1. The van der Waals surface area contributed by atoms with Crippen LogP contribution in [-0.2, 0) is 0 Å². The number of thiazole rings is 1. The van der Waals surface area contributed by atoms with E-state index in [0.29, 0.717) is 11.6 Å². The van der Waals surface area contributed by atoms with E-state index >= 15 is 0 Å². The number of rotatable bonds is 4. The Bertz CT molecular complexity index is 1190. The summed E-state index contributed by atoms with van der Waals surface area (Å²) in [5.41, 5.74) is 3.44. The van der Waals surface area contributed by atoms with Crippen LogP contribution >= 0.6 is 22.7 Å². The molecule has 0 saturated carbocycles. The van der Waals surface area contributed by atoms with E-state index in [-0.39, 0.29) is 11.9 Å². The van der Waals surface area contributed by atoms with Gasteiger partial charge < -0.3 is 10.2 Å². The monoisotopic (exact) mass is 435 g/mol. The molecule has 4 aromatic rings. The first kappa shape index (κ1) is 18.2. The molecule has 3 aliphatic heterocycles. The first-order chi connectivity index (χ1) is 14.8. The van der Waals surface area contributed by atoms with Gasteiger partial charge in [-0.25, -0.2) is 9.67 Å². The number of aromatic nitrogens is 3. The Labute approximate surface area is 182 Å². The van der Waals surface area contributed by atoms with Gasteiger partial charge in [0.25, 0.3) is 5.91 Å². The van der Waals surface area contributed by atoms with Crippen molar-refractivity contribution in [2.75, 3.05) is 19.6 Å². The number of hydrogen-bond acceptors (Lipinski definition) is 6. The molecule has 1 amide bonds. The predicted molar refractivity (Wildman–Crippen MR) is 120 cm³/mol. The summed E-state index contributed by atoms with van der Waals surface area (Å²) in [5, 5.41) is 16.0. The Morgan fingerprint density at radius 3 is 2.77 bits per heavy atom. The number of piperidine rings is 3. The van der Waals surface area contributed by atoms with Crippen LogP contribution in [0.5, 0.6) is 0 Å². The molecule has 1 atom stereocenters. The Balaban J connectivity index is 1.40. The number of nitrogens with zero attached hydrogens (tertiary/aromatic N) is 4. The molecule has 30 heavy (non-hydrogen) atoms. The van der Waals surface area contributed by atoms with E-state index in [9.17, 15) is 4.79 Å². The average Bonchev–Trinajstić information content (AvgIpc) is 3.54. The molecule has 0 spiro atoms. The van der Waals surface area contributed by atoms with Gasteiger partial charge >= 0.3 is 0 Å². The standard InChI is InChI=1S/C22H21N5OS2/c28-21(24-18-12-26-7-3-14(18)4-8-26)20-17-2-1-15(22-23-6-10-30-22)11-19(17)27(25-20)16-5-9-29-13-16/h1-2,5-6,9-11,13-14,18H,3-4,7-8,12H2,(H,24,28)/t18-/m1/s1. The molecule has 152 valence electrons. The van der Waals surface area contributed by atoms with Gasteiger partial charge in [0.15, 0.2) is 5.69 Å².